The number of nitro groups is 1. The van der Waals surface area contributed by atoms with Crippen molar-refractivity contribution in [2.24, 2.45) is 5.92 Å². The quantitative estimate of drug-likeness (QED) is 0.440. The summed E-state index contributed by atoms with van der Waals surface area (Å²) in [7, 11) is 0.0348. The molecule has 6 nitrogen and oxygen atoms in total. The first kappa shape index (κ1) is 16.8. The molecule has 0 N–H and O–H groups in total. The highest BCUT2D eigenvalue weighted by Crippen LogP contribution is 2.24. The first-order valence-corrected chi connectivity index (χ1v) is 7.99. The van der Waals surface area contributed by atoms with E-state index < -0.39 is 27.6 Å². The van der Waals surface area contributed by atoms with Crippen LogP contribution in [0.15, 0.2) is 22.7 Å². The molecule has 2 atom stereocenters. The molecular formula is C12H14BrNO5S. The highest BCUT2D eigenvalue weighted by atomic mass is 79.9. The summed E-state index contributed by atoms with van der Waals surface area (Å²) in [5, 5.41) is 10.6. The number of rotatable bonds is 6. The number of esters is 1. The van der Waals surface area contributed by atoms with E-state index in [0.29, 0.717) is 10.0 Å². The second-order valence-electron chi connectivity index (χ2n) is 4.21. The lowest BCUT2D eigenvalue weighted by atomic mass is 10.2. The van der Waals surface area contributed by atoms with Crippen LogP contribution in [0.3, 0.4) is 0 Å². The molecule has 0 spiro atoms. The fourth-order valence-electron chi connectivity index (χ4n) is 1.55. The molecule has 1 aromatic rings. The minimum Gasteiger partial charge on any atom is -0.469 e. The van der Waals surface area contributed by atoms with Crippen molar-refractivity contribution in [2.45, 2.75) is 12.7 Å². The van der Waals surface area contributed by atoms with Gasteiger partial charge in [-0.1, -0.05) is 28.9 Å². The van der Waals surface area contributed by atoms with Gasteiger partial charge < -0.3 is 4.74 Å². The van der Waals surface area contributed by atoms with Gasteiger partial charge in [0.05, 0.1) is 18.0 Å². The van der Waals surface area contributed by atoms with Crippen LogP contribution < -0.4 is 0 Å². The molecule has 0 aromatic heterocycles. The average Bonchev–Trinajstić information content (AvgIpc) is 2.39. The van der Waals surface area contributed by atoms with Gasteiger partial charge >= 0.3 is 5.97 Å². The number of benzene rings is 1. The smallest absolute Gasteiger partial charge is 0.309 e. The molecule has 1 rings (SSSR count). The van der Waals surface area contributed by atoms with E-state index in [1.54, 1.807) is 13.0 Å². The maximum Gasteiger partial charge on any atom is 0.309 e. The number of nitro benzene ring substituents is 1. The Morgan fingerprint density at radius 1 is 1.55 bits per heavy atom. The van der Waals surface area contributed by atoms with E-state index in [1.807, 2.05) is 0 Å². The maximum absolute atomic E-state index is 12.0. The Kier molecular flexibility index (Phi) is 6.28. The van der Waals surface area contributed by atoms with Crippen LogP contribution in [0, 0.1) is 16.0 Å². The van der Waals surface area contributed by atoms with Crippen molar-refractivity contribution in [3.8, 4) is 0 Å². The van der Waals surface area contributed by atoms with Gasteiger partial charge in [0.1, 0.15) is 0 Å². The Labute approximate surface area is 127 Å². The molecule has 0 bridgehead atoms. The van der Waals surface area contributed by atoms with Gasteiger partial charge in [-0.25, -0.2) is 0 Å². The van der Waals surface area contributed by atoms with Crippen LogP contribution in [0.5, 0.6) is 0 Å². The van der Waals surface area contributed by atoms with Crippen LogP contribution >= 0.6 is 15.9 Å². The largest absolute Gasteiger partial charge is 0.469 e. The first-order valence-electron chi connectivity index (χ1n) is 5.70. The highest BCUT2D eigenvalue weighted by molar-refractivity contribution is 9.10. The number of carbonyl (C=O) groups is 1. The number of halogens is 1. The van der Waals surface area contributed by atoms with Crippen molar-refractivity contribution in [1.82, 2.24) is 0 Å². The molecule has 1 aromatic carbocycles. The van der Waals surface area contributed by atoms with Gasteiger partial charge in [-0.3, -0.25) is 19.1 Å². The molecule has 0 aliphatic carbocycles. The fraction of sp³-hybridized carbons (Fsp3) is 0.417. The number of ether oxygens (including phenoxy) is 1. The highest BCUT2D eigenvalue weighted by Gasteiger charge is 2.18. The van der Waals surface area contributed by atoms with Crippen molar-refractivity contribution in [2.75, 3.05) is 12.9 Å². The molecule has 0 fully saturated rings. The van der Waals surface area contributed by atoms with Gasteiger partial charge in [0.15, 0.2) is 0 Å². The Morgan fingerprint density at radius 2 is 2.20 bits per heavy atom. The Hall–Kier alpha value is -1.28. The number of carbonyl (C=O) groups excluding carboxylic acids is 1. The summed E-state index contributed by atoms with van der Waals surface area (Å²) in [4.78, 5) is 21.4. The molecule has 0 saturated carbocycles. The molecule has 110 valence electrons. The molecule has 2 unspecified atom stereocenters. The maximum atomic E-state index is 12.0. The van der Waals surface area contributed by atoms with E-state index in [2.05, 4.69) is 20.7 Å². The van der Waals surface area contributed by atoms with Gasteiger partial charge in [-0.2, -0.15) is 0 Å². The van der Waals surface area contributed by atoms with Crippen LogP contribution in [-0.2, 0) is 26.1 Å². The van der Waals surface area contributed by atoms with Crippen LogP contribution in [0.25, 0.3) is 0 Å². The second kappa shape index (κ2) is 7.49. The zero-order valence-corrected chi connectivity index (χ0v) is 13.4. The Bertz CT molecular complexity index is 549. The third-order valence-electron chi connectivity index (χ3n) is 2.60. The third-order valence-corrected chi connectivity index (χ3v) is 4.85. The standard InChI is InChI=1S/C12H14BrNO5S/c1-8(12(15)19-2)6-20(18)7-9-3-4-10(14(16)17)5-11(9)13/h3-5,8H,6-7H2,1-2H3. The van der Waals surface area contributed by atoms with Gasteiger partial charge in [-0.05, 0) is 5.56 Å². The van der Waals surface area contributed by atoms with E-state index in [4.69, 9.17) is 0 Å². The summed E-state index contributed by atoms with van der Waals surface area (Å²) in [5.74, 6) is -0.436. The van der Waals surface area contributed by atoms with E-state index in [-0.39, 0.29) is 17.2 Å². The lowest BCUT2D eigenvalue weighted by molar-refractivity contribution is -0.384. The predicted octanol–water partition coefficient (Wildman–Crippen LogP) is 2.42. The minimum atomic E-state index is -1.25. The predicted molar refractivity (Wildman–Crippen MR) is 78.7 cm³/mol. The molecule has 0 saturated heterocycles. The van der Waals surface area contributed by atoms with Crippen LogP contribution in [0.2, 0.25) is 0 Å². The van der Waals surface area contributed by atoms with Crippen molar-refractivity contribution in [3.63, 3.8) is 0 Å². The number of nitrogens with zero attached hydrogens (tertiary/aromatic N) is 1. The molecule has 20 heavy (non-hydrogen) atoms. The van der Waals surface area contributed by atoms with Gasteiger partial charge in [0, 0.05) is 38.9 Å². The molecule has 0 aliphatic rings. The lowest BCUT2D eigenvalue weighted by Crippen LogP contribution is -2.20. The molecular weight excluding hydrogens is 350 g/mol. The van der Waals surface area contributed by atoms with Gasteiger partial charge in [0.2, 0.25) is 0 Å². The summed E-state index contributed by atoms with van der Waals surface area (Å²) in [5.41, 5.74) is 0.667. The van der Waals surface area contributed by atoms with Crippen LogP contribution in [0.4, 0.5) is 5.69 Å². The van der Waals surface area contributed by atoms with Gasteiger partial charge in [0.25, 0.3) is 5.69 Å². The second-order valence-corrected chi connectivity index (χ2v) is 6.56. The number of methoxy groups -OCH3 is 1. The normalized spacial score (nSPS) is 13.6. The average molecular weight is 364 g/mol. The summed E-state index contributed by atoms with van der Waals surface area (Å²) < 4.78 is 17.1. The van der Waals surface area contributed by atoms with Crippen molar-refractivity contribution in [3.05, 3.63) is 38.3 Å². The number of hydrogen-bond acceptors (Lipinski definition) is 5. The Morgan fingerprint density at radius 3 is 2.70 bits per heavy atom. The summed E-state index contributed by atoms with van der Waals surface area (Å²) in [6.07, 6.45) is 0. The Balaban J connectivity index is 2.71. The van der Waals surface area contributed by atoms with E-state index in [1.165, 1.54) is 19.2 Å². The first-order chi connectivity index (χ1) is 9.35. The monoisotopic (exact) mass is 363 g/mol. The third kappa shape index (κ3) is 4.68. The molecule has 0 amide bonds. The van der Waals surface area contributed by atoms with E-state index in [9.17, 15) is 19.1 Å². The molecule has 0 radical (unpaired) electrons. The van der Waals surface area contributed by atoms with Crippen LogP contribution in [-0.4, -0.2) is 28.0 Å². The molecule has 8 heteroatoms. The summed E-state index contributed by atoms with van der Waals surface area (Å²) in [6.45, 7) is 1.65. The zero-order valence-electron chi connectivity index (χ0n) is 11.0. The number of hydrogen-bond donors (Lipinski definition) is 0. The van der Waals surface area contributed by atoms with Crippen molar-refractivity contribution >= 4 is 38.4 Å². The fourth-order valence-corrected chi connectivity index (χ4v) is 3.65. The van der Waals surface area contributed by atoms with Crippen LogP contribution in [0.1, 0.15) is 12.5 Å². The van der Waals surface area contributed by atoms with E-state index in [0.717, 1.165) is 0 Å². The molecule has 0 aliphatic heterocycles. The SMILES string of the molecule is COC(=O)C(C)CS(=O)Cc1ccc([N+](=O)[O-])cc1Br. The van der Waals surface area contributed by atoms with Gasteiger partial charge in [-0.15, -0.1) is 0 Å². The minimum absolute atomic E-state index is 0.0330. The van der Waals surface area contributed by atoms with Crippen molar-refractivity contribution in [1.29, 1.82) is 0 Å². The van der Waals surface area contributed by atoms with Crippen molar-refractivity contribution < 1.29 is 18.7 Å². The van der Waals surface area contributed by atoms with E-state index >= 15 is 0 Å². The topological polar surface area (TPSA) is 86.5 Å². The zero-order chi connectivity index (χ0) is 15.3. The lowest BCUT2D eigenvalue weighted by Gasteiger charge is -2.09. The molecule has 0 heterocycles. The summed E-state index contributed by atoms with van der Waals surface area (Å²) in [6, 6.07) is 4.29. The number of non-ortho nitro benzene ring substituents is 1. The summed E-state index contributed by atoms with van der Waals surface area (Å²) >= 11 is 3.22.